The van der Waals surface area contributed by atoms with Crippen LogP contribution in [0.1, 0.15) is 29.4 Å². The molecule has 0 amide bonds. The molecule has 1 aromatic carbocycles. The first-order valence-electron chi connectivity index (χ1n) is 7.69. The highest BCUT2D eigenvalue weighted by atomic mass is 19.1. The third kappa shape index (κ3) is 2.71. The Hall–Kier alpha value is -2.89. The van der Waals surface area contributed by atoms with Gasteiger partial charge in [-0.25, -0.2) is 24.3 Å². The molecular weight excluding hydrogens is 307 g/mol. The van der Waals surface area contributed by atoms with Gasteiger partial charge in [-0.15, -0.1) is 0 Å². The van der Waals surface area contributed by atoms with E-state index in [0.717, 1.165) is 17.5 Å². The van der Waals surface area contributed by atoms with E-state index in [2.05, 4.69) is 19.9 Å². The molecule has 6 heteroatoms. The summed E-state index contributed by atoms with van der Waals surface area (Å²) in [4.78, 5) is 16.9. The highest BCUT2D eigenvalue weighted by molar-refractivity contribution is 5.43. The van der Waals surface area contributed by atoms with Gasteiger partial charge in [-0.1, -0.05) is 6.07 Å². The Morgan fingerprint density at radius 2 is 1.71 bits per heavy atom. The van der Waals surface area contributed by atoms with E-state index in [9.17, 15) is 4.39 Å². The summed E-state index contributed by atoms with van der Waals surface area (Å²) in [7, 11) is 1.53. The van der Waals surface area contributed by atoms with Gasteiger partial charge in [0.05, 0.1) is 7.11 Å². The van der Waals surface area contributed by atoms with Gasteiger partial charge < -0.3 is 4.74 Å². The van der Waals surface area contributed by atoms with Crippen LogP contribution in [0, 0.1) is 5.82 Å². The highest BCUT2D eigenvalue weighted by Gasteiger charge is 2.41. The zero-order valence-electron chi connectivity index (χ0n) is 13.1. The van der Waals surface area contributed by atoms with Gasteiger partial charge in [-0.2, -0.15) is 0 Å². The minimum Gasteiger partial charge on any atom is -0.497 e. The van der Waals surface area contributed by atoms with E-state index in [4.69, 9.17) is 4.74 Å². The van der Waals surface area contributed by atoms with E-state index in [-0.39, 0.29) is 17.7 Å². The Balaban J connectivity index is 1.52. The maximum atomic E-state index is 14.2. The zero-order valence-corrected chi connectivity index (χ0v) is 13.1. The second-order valence-corrected chi connectivity index (χ2v) is 5.75. The number of aromatic nitrogens is 4. The standard InChI is InChI=1S/C18H15FN4O/c1-24-12-3-4-13(16(19)7-12)15-8-14(15)11-9-22-18(23-10-11)17-20-5-2-6-21-17/h2-7,9-10,14-15H,8H2,1H3/t14-,15-/m0/s1. The van der Waals surface area contributed by atoms with E-state index in [1.165, 1.54) is 13.2 Å². The Kier molecular flexibility index (Phi) is 3.65. The average Bonchev–Trinajstić information content (AvgIpc) is 3.43. The van der Waals surface area contributed by atoms with Crippen LogP contribution in [0.25, 0.3) is 11.6 Å². The van der Waals surface area contributed by atoms with Gasteiger partial charge in [0.1, 0.15) is 11.6 Å². The van der Waals surface area contributed by atoms with Crippen LogP contribution in [0.3, 0.4) is 0 Å². The summed E-state index contributed by atoms with van der Waals surface area (Å²) >= 11 is 0. The molecule has 1 fully saturated rings. The number of hydrogen-bond acceptors (Lipinski definition) is 5. The van der Waals surface area contributed by atoms with Crippen molar-refractivity contribution in [2.45, 2.75) is 18.3 Å². The second-order valence-electron chi connectivity index (χ2n) is 5.75. The molecule has 1 aliphatic carbocycles. The SMILES string of the molecule is COc1ccc([C@@H]2C[C@H]2c2cnc(-c3ncccn3)nc2)c(F)c1. The molecule has 0 spiro atoms. The Bertz CT molecular complexity index is 855. The second kappa shape index (κ2) is 5.96. The maximum absolute atomic E-state index is 14.2. The van der Waals surface area contributed by atoms with E-state index in [0.29, 0.717) is 17.4 Å². The fraction of sp³-hybridized carbons (Fsp3) is 0.222. The van der Waals surface area contributed by atoms with E-state index in [1.807, 2.05) is 0 Å². The molecule has 0 unspecified atom stereocenters. The lowest BCUT2D eigenvalue weighted by Gasteiger charge is -2.05. The first-order valence-corrected chi connectivity index (χ1v) is 7.69. The molecule has 2 heterocycles. The molecule has 0 bridgehead atoms. The molecule has 3 aromatic rings. The van der Waals surface area contributed by atoms with Crippen LogP contribution < -0.4 is 4.74 Å². The lowest BCUT2D eigenvalue weighted by Crippen LogP contribution is -1.96. The number of benzene rings is 1. The number of ether oxygens (including phenoxy) is 1. The number of hydrogen-bond donors (Lipinski definition) is 0. The van der Waals surface area contributed by atoms with Crippen molar-refractivity contribution < 1.29 is 9.13 Å². The van der Waals surface area contributed by atoms with Gasteiger partial charge >= 0.3 is 0 Å². The Labute approximate surface area is 138 Å². The topological polar surface area (TPSA) is 60.8 Å². The van der Waals surface area contributed by atoms with Crippen molar-refractivity contribution >= 4 is 0 Å². The van der Waals surface area contributed by atoms with Crippen LogP contribution in [0.15, 0.2) is 49.1 Å². The van der Waals surface area contributed by atoms with Crippen molar-refractivity contribution in [3.63, 3.8) is 0 Å². The molecule has 0 saturated heterocycles. The third-order valence-electron chi connectivity index (χ3n) is 4.26. The summed E-state index contributed by atoms with van der Waals surface area (Å²) in [6, 6.07) is 6.76. The summed E-state index contributed by atoms with van der Waals surface area (Å²) in [6.45, 7) is 0. The van der Waals surface area contributed by atoms with Crippen LogP contribution in [-0.4, -0.2) is 27.0 Å². The minimum atomic E-state index is -0.225. The van der Waals surface area contributed by atoms with Gasteiger partial charge in [-0.05, 0) is 41.5 Å². The summed E-state index contributed by atoms with van der Waals surface area (Å²) in [5.74, 6) is 1.71. The number of rotatable bonds is 4. The van der Waals surface area contributed by atoms with Gasteiger partial charge in [-0.3, -0.25) is 0 Å². The van der Waals surface area contributed by atoms with Crippen molar-refractivity contribution in [3.05, 3.63) is 66.0 Å². The molecule has 24 heavy (non-hydrogen) atoms. The number of methoxy groups -OCH3 is 1. The summed E-state index contributed by atoms with van der Waals surface area (Å²) in [5, 5.41) is 0. The molecule has 5 nitrogen and oxygen atoms in total. The van der Waals surface area contributed by atoms with Crippen molar-refractivity contribution in [1.82, 2.24) is 19.9 Å². The van der Waals surface area contributed by atoms with Crippen LogP contribution in [0.5, 0.6) is 5.75 Å². The number of halogens is 1. The summed E-state index contributed by atoms with van der Waals surface area (Å²) in [5.41, 5.74) is 1.73. The van der Waals surface area contributed by atoms with Crippen LogP contribution >= 0.6 is 0 Å². The molecule has 120 valence electrons. The van der Waals surface area contributed by atoms with E-state index < -0.39 is 0 Å². The first-order chi connectivity index (χ1) is 11.8. The molecule has 0 N–H and O–H groups in total. The molecule has 1 saturated carbocycles. The van der Waals surface area contributed by atoms with E-state index >= 15 is 0 Å². The van der Waals surface area contributed by atoms with Gasteiger partial charge in [0, 0.05) is 30.9 Å². The lowest BCUT2D eigenvalue weighted by molar-refractivity contribution is 0.410. The lowest BCUT2D eigenvalue weighted by atomic mass is 10.1. The van der Waals surface area contributed by atoms with Crippen LogP contribution in [0.4, 0.5) is 4.39 Å². The molecule has 1 aliphatic rings. The van der Waals surface area contributed by atoms with Gasteiger partial charge in [0.15, 0.2) is 11.6 Å². The third-order valence-corrected chi connectivity index (χ3v) is 4.26. The smallest absolute Gasteiger partial charge is 0.197 e. The first kappa shape index (κ1) is 14.7. The van der Waals surface area contributed by atoms with Crippen LogP contribution in [0.2, 0.25) is 0 Å². The Morgan fingerprint density at radius 1 is 1.00 bits per heavy atom. The molecule has 2 atom stereocenters. The number of nitrogens with zero attached hydrogens (tertiary/aromatic N) is 4. The monoisotopic (exact) mass is 322 g/mol. The fourth-order valence-corrected chi connectivity index (χ4v) is 2.90. The zero-order chi connectivity index (χ0) is 16.5. The predicted octanol–water partition coefficient (Wildman–Crippen LogP) is 3.35. The fourth-order valence-electron chi connectivity index (χ4n) is 2.90. The molecule has 2 aromatic heterocycles. The van der Waals surface area contributed by atoms with Crippen LogP contribution in [-0.2, 0) is 0 Å². The predicted molar refractivity (Wildman–Crippen MR) is 86.1 cm³/mol. The molecule has 0 radical (unpaired) electrons. The highest BCUT2D eigenvalue weighted by Crippen LogP contribution is 2.55. The van der Waals surface area contributed by atoms with E-state index in [1.54, 1.807) is 43.0 Å². The molecule has 0 aliphatic heterocycles. The van der Waals surface area contributed by atoms with Gasteiger partial charge in [0.25, 0.3) is 0 Å². The van der Waals surface area contributed by atoms with Crippen molar-refractivity contribution in [2.24, 2.45) is 0 Å². The maximum Gasteiger partial charge on any atom is 0.197 e. The van der Waals surface area contributed by atoms with Crippen molar-refractivity contribution in [2.75, 3.05) is 7.11 Å². The minimum absolute atomic E-state index is 0.165. The average molecular weight is 322 g/mol. The quantitative estimate of drug-likeness (QED) is 0.737. The molecular formula is C18H15FN4O. The summed E-state index contributed by atoms with van der Waals surface area (Å²) in [6.07, 6.45) is 7.77. The van der Waals surface area contributed by atoms with Crippen molar-refractivity contribution in [1.29, 1.82) is 0 Å². The normalized spacial score (nSPS) is 19.1. The van der Waals surface area contributed by atoms with Crippen molar-refractivity contribution in [3.8, 4) is 17.4 Å². The largest absolute Gasteiger partial charge is 0.497 e. The summed E-state index contributed by atoms with van der Waals surface area (Å²) < 4.78 is 19.2. The van der Waals surface area contributed by atoms with Gasteiger partial charge in [0.2, 0.25) is 0 Å². The molecule has 4 rings (SSSR count). The Morgan fingerprint density at radius 3 is 2.38 bits per heavy atom.